The molecule has 21 heavy (non-hydrogen) atoms. The van der Waals surface area contributed by atoms with Crippen LogP contribution in [0.1, 0.15) is 20.7 Å². The summed E-state index contributed by atoms with van der Waals surface area (Å²) in [6.45, 7) is 0. The highest BCUT2D eigenvalue weighted by molar-refractivity contribution is 6.25. The second-order valence-corrected chi connectivity index (χ2v) is 4.52. The second-order valence-electron chi connectivity index (χ2n) is 4.52. The molecule has 0 bridgehead atoms. The Labute approximate surface area is 118 Å². The summed E-state index contributed by atoms with van der Waals surface area (Å²) in [7, 11) is 0. The van der Waals surface area contributed by atoms with E-state index in [9.17, 15) is 18.4 Å². The van der Waals surface area contributed by atoms with Gasteiger partial charge in [0.05, 0.1) is 5.70 Å². The van der Waals surface area contributed by atoms with Crippen LogP contribution >= 0.6 is 0 Å². The fourth-order valence-corrected chi connectivity index (χ4v) is 2.16. The highest BCUT2D eigenvalue weighted by Crippen LogP contribution is 2.25. The van der Waals surface area contributed by atoms with Crippen molar-refractivity contribution >= 4 is 17.3 Å². The van der Waals surface area contributed by atoms with E-state index in [0.717, 1.165) is 18.2 Å². The minimum atomic E-state index is -0.838. The monoisotopic (exact) mass is 285 g/mol. The molecular weight excluding hydrogens is 276 g/mol. The van der Waals surface area contributed by atoms with Gasteiger partial charge < -0.3 is 5.32 Å². The highest BCUT2D eigenvalue weighted by atomic mass is 19.1. The maximum absolute atomic E-state index is 13.6. The standard InChI is InChI=1S/C16H9F2NO2/c17-11-6-3-7-12(18)15(11)19-13-8-14(20)9-4-1-2-5-10(9)16(13)21/h1-8,19H. The van der Waals surface area contributed by atoms with Crippen molar-refractivity contribution in [3.8, 4) is 0 Å². The largest absolute Gasteiger partial charge is 0.347 e. The lowest BCUT2D eigenvalue weighted by Gasteiger charge is -2.17. The van der Waals surface area contributed by atoms with Gasteiger partial charge in [0.1, 0.15) is 17.3 Å². The fraction of sp³-hybridized carbons (Fsp3) is 0. The van der Waals surface area contributed by atoms with Crippen LogP contribution in [-0.4, -0.2) is 11.6 Å². The molecule has 5 heteroatoms. The van der Waals surface area contributed by atoms with E-state index < -0.39 is 23.1 Å². The molecule has 104 valence electrons. The molecule has 0 fully saturated rings. The van der Waals surface area contributed by atoms with Gasteiger partial charge in [0.2, 0.25) is 5.78 Å². The van der Waals surface area contributed by atoms with Gasteiger partial charge in [-0.25, -0.2) is 8.78 Å². The predicted octanol–water partition coefficient (Wildman–Crippen LogP) is 3.34. The summed E-state index contributed by atoms with van der Waals surface area (Å²) >= 11 is 0. The number of Topliss-reactive ketones (excluding diaryl/α,β-unsaturated/α-hetero) is 1. The third kappa shape index (κ3) is 2.23. The third-order valence-electron chi connectivity index (χ3n) is 3.18. The van der Waals surface area contributed by atoms with E-state index in [1.165, 1.54) is 18.2 Å². The van der Waals surface area contributed by atoms with Crippen LogP contribution in [0.4, 0.5) is 14.5 Å². The van der Waals surface area contributed by atoms with Crippen LogP contribution < -0.4 is 5.32 Å². The van der Waals surface area contributed by atoms with E-state index >= 15 is 0 Å². The molecule has 0 saturated carbocycles. The number of carbonyl (C=O) groups excluding carboxylic acids is 2. The molecule has 2 aromatic rings. The van der Waals surface area contributed by atoms with Gasteiger partial charge in [-0.2, -0.15) is 0 Å². The Kier molecular flexibility index (Phi) is 3.10. The molecule has 0 atom stereocenters. The molecule has 0 saturated heterocycles. The lowest BCUT2D eigenvalue weighted by Crippen LogP contribution is -2.22. The van der Waals surface area contributed by atoms with E-state index in [1.807, 2.05) is 0 Å². The number of hydrogen-bond donors (Lipinski definition) is 1. The molecule has 3 rings (SSSR count). The second kappa shape index (κ2) is 4.94. The number of fused-ring (bicyclic) bond motifs is 1. The first-order valence-electron chi connectivity index (χ1n) is 6.18. The zero-order valence-corrected chi connectivity index (χ0v) is 10.7. The lowest BCUT2D eigenvalue weighted by molar-refractivity contribution is 0.0985. The minimum absolute atomic E-state index is 0.150. The van der Waals surface area contributed by atoms with Crippen LogP contribution in [0.3, 0.4) is 0 Å². The first-order chi connectivity index (χ1) is 10.1. The number of anilines is 1. The van der Waals surface area contributed by atoms with E-state index in [1.54, 1.807) is 12.1 Å². The number of halogens is 2. The molecule has 2 aromatic carbocycles. The van der Waals surface area contributed by atoms with Gasteiger partial charge in [-0.1, -0.05) is 30.3 Å². The molecule has 1 aliphatic rings. The SMILES string of the molecule is O=C1C=C(Nc2c(F)cccc2F)C(=O)c2ccccc21. The average molecular weight is 285 g/mol. The summed E-state index contributed by atoms with van der Waals surface area (Å²) < 4.78 is 27.2. The zero-order valence-electron chi connectivity index (χ0n) is 10.7. The van der Waals surface area contributed by atoms with Crippen molar-refractivity contribution in [2.45, 2.75) is 0 Å². The highest BCUT2D eigenvalue weighted by Gasteiger charge is 2.26. The van der Waals surface area contributed by atoms with Gasteiger partial charge in [0.15, 0.2) is 5.78 Å². The van der Waals surface area contributed by atoms with Crippen molar-refractivity contribution in [3.05, 3.63) is 77.0 Å². The zero-order chi connectivity index (χ0) is 15.0. The molecule has 0 amide bonds. The van der Waals surface area contributed by atoms with Crippen molar-refractivity contribution in [3.63, 3.8) is 0 Å². The van der Waals surface area contributed by atoms with Crippen LogP contribution in [-0.2, 0) is 0 Å². The number of allylic oxidation sites excluding steroid dienone is 2. The molecule has 1 aliphatic carbocycles. The Morgan fingerprint density at radius 1 is 0.810 bits per heavy atom. The Hall–Kier alpha value is -2.82. The van der Waals surface area contributed by atoms with Gasteiger partial charge in [-0.15, -0.1) is 0 Å². The first-order valence-corrected chi connectivity index (χ1v) is 6.18. The maximum atomic E-state index is 13.6. The van der Waals surface area contributed by atoms with Crippen LogP contribution in [0.25, 0.3) is 0 Å². The van der Waals surface area contributed by atoms with Crippen molar-refractivity contribution in [2.24, 2.45) is 0 Å². The minimum Gasteiger partial charge on any atom is -0.347 e. The smallest absolute Gasteiger partial charge is 0.210 e. The quantitative estimate of drug-likeness (QED) is 0.920. The van der Waals surface area contributed by atoms with Crippen molar-refractivity contribution in [1.29, 1.82) is 0 Å². The van der Waals surface area contributed by atoms with Crippen molar-refractivity contribution in [2.75, 3.05) is 5.32 Å². The molecular formula is C16H9F2NO2. The summed E-state index contributed by atoms with van der Waals surface area (Å²) in [6.07, 6.45) is 1.05. The van der Waals surface area contributed by atoms with Gasteiger partial charge >= 0.3 is 0 Å². The van der Waals surface area contributed by atoms with E-state index in [-0.39, 0.29) is 22.6 Å². The topological polar surface area (TPSA) is 46.2 Å². The average Bonchev–Trinajstić information content (AvgIpc) is 2.48. The first kappa shape index (κ1) is 13.2. The van der Waals surface area contributed by atoms with E-state index in [0.29, 0.717) is 0 Å². The Balaban J connectivity index is 2.02. The summed E-state index contributed by atoms with van der Waals surface area (Å²) in [5.74, 6) is -2.54. The molecule has 0 spiro atoms. The number of rotatable bonds is 2. The van der Waals surface area contributed by atoms with Crippen LogP contribution in [0.2, 0.25) is 0 Å². The van der Waals surface area contributed by atoms with Crippen molar-refractivity contribution in [1.82, 2.24) is 0 Å². The molecule has 0 aliphatic heterocycles. The fourth-order valence-electron chi connectivity index (χ4n) is 2.16. The van der Waals surface area contributed by atoms with Crippen LogP contribution in [0.15, 0.2) is 54.2 Å². The number of para-hydroxylation sites is 1. The third-order valence-corrected chi connectivity index (χ3v) is 3.18. The molecule has 1 N–H and O–H groups in total. The van der Waals surface area contributed by atoms with Gasteiger partial charge in [0.25, 0.3) is 0 Å². The molecule has 0 radical (unpaired) electrons. The van der Waals surface area contributed by atoms with Gasteiger partial charge in [-0.3, -0.25) is 9.59 Å². The molecule has 0 unspecified atom stereocenters. The normalized spacial score (nSPS) is 13.7. The van der Waals surface area contributed by atoms with Gasteiger partial charge in [-0.05, 0) is 12.1 Å². The molecule has 0 aromatic heterocycles. The number of carbonyl (C=O) groups is 2. The summed E-state index contributed by atoms with van der Waals surface area (Å²) in [5, 5.41) is 2.38. The maximum Gasteiger partial charge on any atom is 0.210 e. The summed E-state index contributed by atoms with van der Waals surface area (Å²) in [6, 6.07) is 9.65. The Morgan fingerprint density at radius 3 is 2.10 bits per heavy atom. The number of benzene rings is 2. The number of nitrogens with one attached hydrogen (secondary N) is 1. The Morgan fingerprint density at radius 2 is 1.43 bits per heavy atom. The van der Waals surface area contributed by atoms with Crippen LogP contribution in [0, 0.1) is 11.6 Å². The lowest BCUT2D eigenvalue weighted by atomic mass is 9.92. The van der Waals surface area contributed by atoms with E-state index in [4.69, 9.17) is 0 Å². The van der Waals surface area contributed by atoms with E-state index in [2.05, 4.69) is 5.32 Å². The predicted molar refractivity (Wildman–Crippen MR) is 73.2 cm³/mol. The van der Waals surface area contributed by atoms with Gasteiger partial charge in [0, 0.05) is 17.2 Å². The summed E-state index contributed by atoms with van der Waals surface area (Å²) in [5.41, 5.74) is -0.113. The van der Waals surface area contributed by atoms with Crippen molar-refractivity contribution < 1.29 is 18.4 Å². The molecule has 3 nitrogen and oxygen atoms in total. The van der Waals surface area contributed by atoms with Crippen LogP contribution in [0.5, 0.6) is 0 Å². The number of ketones is 2. The molecule has 0 heterocycles. The Bertz CT molecular complexity index is 776. The number of hydrogen-bond acceptors (Lipinski definition) is 3. The summed E-state index contributed by atoms with van der Waals surface area (Å²) in [4.78, 5) is 24.2.